The SMILES string of the molecule is N#CCC(S)c1cc(C#N)ccc1F. The van der Waals surface area contributed by atoms with Crippen molar-refractivity contribution in [2.75, 3.05) is 0 Å². The molecule has 0 saturated carbocycles. The van der Waals surface area contributed by atoms with Crippen molar-refractivity contribution in [3.8, 4) is 12.1 Å². The van der Waals surface area contributed by atoms with Crippen molar-refractivity contribution in [2.45, 2.75) is 11.7 Å². The van der Waals surface area contributed by atoms with Gasteiger partial charge in [0.05, 0.1) is 24.1 Å². The van der Waals surface area contributed by atoms with Crippen molar-refractivity contribution in [3.63, 3.8) is 0 Å². The topological polar surface area (TPSA) is 47.6 Å². The highest BCUT2D eigenvalue weighted by Crippen LogP contribution is 2.26. The molecular weight excluding hydrogens is 199 g/mol. The minimum absolute atomic E-state index is 0.120. The highest BCUT2D eigenvalue weighted by atomic mass is 32.1. The summed E-state index contributed by atoms with van der Waals surface area (Å²) in [5.41, 5.74) is 0.673. The van der Waals surface area contributed by atoms with E-state index in [0.29, 0.717) is 11.1 Å². The lowest BCUT2D eigenvalue weighted by molar-refractivity contribution is 0.608. The lowest BCUT2D eigenvalue weighted by atomic mass is 10.1. The molecule has 1 aromatic carbocycles. The Morgan fingerprint density at radius 3 is 2.71 bits per heavy atom. The van der Waals surface area contributed by atoms with Gasteiger partial charge < -0.3 is 0 Å². The van der Waals surface area contributed by atoms with Gasteiger partial charge in [-0.15, -0.1) is 0 Å². The minimum atomic E-state index is -0.478. The van der Waals surface area contributed by atoms with E-state index in [-0.39, 0.29) is 6.42 Å². The molecule has 1 aromatic rings. The summed E-state index contributed by atoms with van der Waals surface area (Å²) in [5.74, 6) is -0.431. The van der Waals surface area contributed by atoms with Crippen LogP contribution in [-0.4, -0.2) is 0 Å². The van der Waals surface area contributed by atoms with E-state index in [1.165, 1.54) is 18.2 Å². The van der Waals surface area contributed by atoms with Crippen molar-refractivity contribution in [3.05, 3.63) is 35.1 Å². The average Bonchev–Trinajstić information content (AvgIpc) is 2.19. The highest BCUT2D eigenvalue weighted by molar-refractivity contribution is 7.80. The first-order valence-corrected chi connectivity index (χ1v) is 4.45. The summed E-state index contributed by atoms with van der Waals surface area (Å²) < 4.78 is 13.2. The maximum absolute atomic E-state index is 13.2. The Balaban J connectivity index is 3.08. The molecule has 1 atom stereocenters. The van der Waals surface area contributed by atoms with E-state index in [1.807, 2.05) is 12.1 Å². The second-order valence-electron chi connectivity index (χ2n) is 2.73. The standard InChI is InChI=1S/C10H7FN2S/c11-9-2-1-7(6-13)5-8(9)10(14)3-4-12/h1-2,5,10,14H,3H2. The summed E-state index contributed by atoms with van der Waals surface area (Å²) in [7, 11) is 0. The van der Waals surface area contributed by atoms with E-state index in [0.717, 1.165) is 0 Å². The van der Waals surface area contributed by atoms with Crippen LogP contribution in [0.25, 0.3) is 0 Å². The lowest BCUT2D eigenvalue weighted by Crippen LogP contribution is -1.95. The Morgan fingerprint density at radius 2 is 2.14 bits per heavy atom. The summed E-state index contributed by atoms with van der Waals surface area (Å²) in [5, 5.41) is 16.6. The van der Waals surface area contributed by atoms with Gasteiger partial charge in [0, 0.05) is 10.8 Å². The molecule has 0 aliphatic heterocycles. The quantitative estimate of drug-likeness (QED) is 0.756. The van der Waals surface area contributed by atoms with Gasteiger partial charge in [-0.25, -0.2) is 4.39 Å². The van der Waals surface area contributed by atoms with Crippen molar-refractivity contribution in [1.29, 1.82) is 10.5 Å². The first kappa shape index (κ1) is 10.6. The van der Waals surface area contributed by atoms with E-state index in [9.17, 15) is 4.39 Å². The van der Waals surface area contributed by atoms with Crippen molar-refractivity contribution in [1.82, 2.24) is 0 Å². The first-order chi connectivity index (χ1) is 6.69. The number of hydrogen-bond acceptors (Lipinski definition) is 3. The van der Waals surface area contributed by atoms with Crippen LogP contribution in [0.1, 0.15) is 22.8 Å². The van der Waals surface area contributed by atoms with E-state index in [4.69, 9.17) is 10.5 Å². The molecule has 0 saturated heterocycles. The summed E-state index contributed by atoms with van der Waals surface area (Å²) >= 11 is 4.08. The normalized spacial score (nSPS) is 11.4. The van der Waals surface area contributed by atoms with Crippen LogP contribution in [-0.2, 0) is 0 Å². The fourth-order valence-corrected chi connectivity index (χ4v) is 1.34. The smallest absolute Gasteiger partial charge is 0.127 e. The Labute approximate surface area is 87.0 Å². The zero-order valence-electron chi connectivity index (χ0n) is 7.24. The van der Waals surface area contributed by atoms with Gasteiger partial charge in [0.25, 0.3) is 0 Å². The number of rotatable bonds is 2. The van der Waals surface area contributed by atoms with Crippen LogP contribution in [0.2, 0.25) is 0 Å². The molecule has 2 nitrogen and oxygen atoms in total. The third kappa shape index (κ3) is 2.25. The summed E-state index contributed by atoms with van der Waals surface area (Å²) in [6.45, 7) is 0. The molecular formula is C10H7FN2S. The molecule has 1 unspecified atom stereocenters. The van der Waals surface area contributed by atoms with Gasteiger partial charge in [-0.3, -0.25) is 0 Å². The number of halogens is 1. The molecule has 0 radical (unpaired) electrons. The maximum atomic E-state index is 13.2. The number of nitrogens with zero attached hydrogens (tertiary/aromatic N) is 2. The number of nitriles is 2. The molecule has 0 aliphatic carbocycles. The second kappa shape index (κ2) is 4.64. The molecule has 0 spiro atoms. The summed E-state index contributed by atoms with van der Waals surface area (Å²) in [4.78, 5) is 0. The van der Waals surface area contributed by atoms with Crippen LogP contribution >= 0.6 is 12.6 Å². The molecule has 0 aliphatic rings. The van der Waals surface area contributed by atoms with Gasteiger partial charge in [0.15, 0.2) is 0 Å². The molecule has 0 bridgehead atoms. The molecule has 70 valence electrons. The Hall–Kier alpha value is -1.52. The third-order valence-corrected chi connectivity index (χ3v) is 2.23. The Morgan fingerprint density at radius 1 is 1.43 bits per heavy atom. The second-order valence-corrected chi connectivity index (χ2v) is 3.35. The largest absolute Gasteiger partial charge is 0.207 e. The van der Waals surface area contributed by atoms with Gasteiger partial charge in [-0.1, -0.05) is 0 Å². The van der Waals surface area contributed by atoms with E-state index in [2.05, 4.69) is 12.6 Å². The van der Waals surface area contributed by atoms with Gasteiger partial charge in [0.1, 0.15) is 5.82 Å². The van der Waals surface area contributed by atoms with Gasteiger partial charge in [0.2, 0.25) is 0 Å². The summed E-state index contributed by atoms with van der Waals surface area (Å²) in [6.07, 6.45) is 0.120. The molecule has 1 rings (SSSR count). The Bertz CT molecular complexity index is 417. The van der Waals surface area contributed by atoms with Crippen LogP contribution in [0.3, 0.4) is 0 Å². The molecule has 4 heteroatoms. The highest BCUT2D eigenvalue weighted by Gasteiger charge is 2.11. The third-order valence-electron chi connectivity index (χ3n) is 1.77. The molecule has 14 heavy (non-hydrogen) atoms. The van der Waals surface area contributed by atoms with Crippen molar-refractivity contribution < 1.29 is 4.39 Å². The van der Waals surface area contributed by atoms with Gasteiger partial charge in [-0.2, -0.15) is 23.2 Å². The maximum Gasteiger partial charge on any atom is 0.127 e. The zero-order valence-corrected chi connectivity index (χ0v) is 8.13. The van der Waals surface area contributed by atoms with Crippen LogP contribution < -0.4 is 0 Å². The summed E-state index contributed by atoms with van der Waals surface area (Å²) in [6, 6.07) is 7.84. The molecule has 0 aromatic heterocycles. The minimum Gasteiger partial charge on any atom is -0.207 e. The van der Waals surface area contributed by atoms with Crippen molar-refractivity contribution >= 4 is 12.6 Å². The van der Waals surface area contributed by atoms with Crippen molar-refractivity contribution in [2.24, 2.45) is 0 Å². The molecule has 0 amide bonds. The van der Waals surface area contributed by atoms with Gasteiger partial charge >= 0.3 is 0 Å². The predicted octanol–water partition coefficient (Wildman–Crippen LogP) is 2.58. The molecule has 0 heterocycles. The fourth-order valence-electron chi connectivity index (χ4n) is 1.07. The van der Waals surface area contributed by atoms with E-state index < -0.39 is 11.1 Å². The zero-order chi connectivity index (χ0) is 10.6. The van der Waals surface area contributed by atoms with E-state index >= 15 is 0 Å². The van der Waals surface area contributed by atoms with Crippen LogP contribution in [0.15, 0.2) is 18.2 Å². The van der Waals surface area contributed by atoms with Crippen LogP contribution in [0, 0.1) is 28.5 Å². The monoisotopic (exact) mass is 206 g/mol. The Kier molecular flexibility index (Phi) is 3.50. The number of thiol groups is 1. The average molecular weight is 206 g/mol. The lowest BCUT2D eigenvalue weighted by Gasteiger charge is -2.07. The number of benzene rings is 1. The molecule has 0 fully saturated rings. The molecule has 0 N–H and O–H groups in total. The number of hydrogen-bond donors (Lipinski definition) is 1. The van der Waals surface area contributed by atoms with Gasteiger partial charge in [-0.05, 0) is 18.2 Å². The predicted molar refractivity (Wildman–Crippen MR) is 53.1 cm³/mol. The van der Waals surface area contributed by atoms with Crippen LogP contribution in [0.4, 0.5) is 4.39 Å². The van der Waals surface area contributed by atoms with E-state index in [1.54, 1.807) is 0 Å². The van der Waals surface area contributed by atoms with Crippen LogP contribution in [0.5, 0.6) is 0 Å². The fraction of sp³-hybridized carbons (Fsp3) is 0.200. The first-order valence-electron chi connectivity index (χ1n) is 3.93.